The van der Waals surface area contributed by atoms with Crippen LogP contribution in [0.15, 0.2) is 40.6 Å². The van der Waals surface area contributed by atoms with Gasteiger partial charge in [-0.25, -0.2) is 19.3 Å². The zero-order chi connectivity index (χ0) is 17.8. The maximum absolute atomic E-state index is 13.4. The van der Waals surface area contributed by atoms with Gasteiger partial charge in [-0.15, -0.1) is 5.10 Å². The minimum absolute atomic E-state index is 0.0868. The van der Waals surface area contributed by atoms with Crippen LogP contribution >= 0.6 is 11.8 Å². The second kappa shape index (κ2) is 7.39. The Hall–Kier alpha value is -2.81. The van der Waals surface area contributed by atoms with Crippen LogP contribution in [-0.2, 0) is 4.79 Å². The minimum Gasteiger partial charge on any atom is -0.272 e. The molecule has 0 aliphatic carbocycles. The molecule has 1 aromatic carbocycles. The summed E-state index contributed by atoms with van der Waals surface area (Å²) in [6.07, 6.45) is 1.26. The molecule has 1 amide bonds. The van der Waals surface area contributed by atoms with Gasteiger partial charge in [0.2, 0.25) is 5.16 Å². The number of rotatable bonds is 5. The van der Waals surface area contributed by atoms with Gasteiger partial charge in [-0.3, -0.25) is 4.79 Å². The molecule has 128 valence electrons. The highest BCUT2D eigenvalue weighted by molar-refractivity contribution is 7.99. The zero-order valence-electron chi connectivity index (χ0n) is 13.6. The number of aromatic nitrogens is 4. The first-order valence-electron chi connectivity index (χ1n) is 7.43. The number of benzene rings is 1. The molecule has 0 aliphatic rings. The number of thioether (sulfide) groups is 1. The molecule has 9 heteroatoms. The average Bonchev–Trinajstić information content (AvgIpc) is 2.98. The maximum atomic E-state index is 13.4. The fraction of sp³-hybridized carbons (Fsp3) is 0.188. The van der Waals surface area contributed by atoms with Crippen LogP contribution in [0.5, 0.6) is 0 Å². The molecule has 2 aromatic heterocycles. The molecular weight excluding hydrogens is 343 g/mol. The lowest BCUT2D eigenvalue weighted by Gasteiger charge is -1.98. The van der Waals surface area contributed by atoms with Crippen LogP contribution in [0.1, 0.15) is 17.0 Å². The molecule has 25 heavy (non-hydrogen) atoms. The summed E-state index contributed by atoms with van der Waals surface area (Å²) in [7, 11) is 0. The number of amides is 1. The van der Waals surface area contributed by atoms with Crippen molar-refractivity contribution < 1.29 is 9.18 Å². The number of fused-ring (bicyclic) bond motifs is 1. The number of hydrazone groups is 1. The number of hydrogen-bond donors (Lipinski definition) is 1. The smallest absolute Gasteiger partial charge is 0.253 e. The van der Waals surface area contributed by atoms with Gasteiger partial charge in [-0.05, 0) is 26.0 Å². The van der Waals surface area contributed by atoms with E-state index < -0.39 is 5.82 Å². The lowest BCUT2D eigenvalue weighted by atomic mass is 10.2. The van der Waals surface area contributed by atoms with Gasteiger partial charge in [0.15, 0.2) is 0 Å². The van der Waals surface area contributed by atoms with E-state index in [1.807, 2.05) is 19.9 Å². The van der Waals surface area contributed by atoms with Crippen molar-refractivity contribution in [2.45, 2.75) is 19.0 Å². The van der Waals surface area contributed by atoms with E-state index in [0.717, 1.165) is 11.4 Å². The van der Waals surface area contributed by atoms with Crippen molar-refractivity contribution in [3.05, 3.63) is 53.1 Å². The molecule has 0 saturated heterocycles. The predicted octanol–water partition coefficient (Wildman–Crippen LogP) is 2.12. The van der Waals surface area contributed by atoms with Crippen LogP contribution in [-0.4, -0.2) is 37.5 Å². The second-order valence-corrected chi connectivity index (χ2v) is 6.19. The van der Waals surface area contributed by atoms with Gasteiger partial charge in [-0.1, -0.05) is 30.0 Å². The van der Waals surface area contributed by atoms with Crippen LogP contribution < -0.4 is 5.43 Å². The van der Waals surface area contributed by atoms with Crippen molar-refractivity contribution in [2.24, 2.45) is 5.10 Å². The van der Waals surface area contributed by atoms with Crippen molar-refractivity contribution in [3.63, 3.8) is 0 Å². The topological polar surface area (TPSA) is 84.5 Å². The third-order valence-electron chi connectivity index (χ3n) is 3.23. The number of carbonyl (C=O) groups excluding carboxylic acids is 1. The van der Waals surface area contributed by atoms with E-state index in [2.05, 4.69) is 25.6 Å². The highest BCUT2D eigenvalue weighted by Crippen LogP contribution is 2.15. The molecule has 0 bridgehead atoms. The quantitative estimate of drug-likeness (QED) is 0.429. The number of hydrogen-bond acceptors (Lipinski definition) is 6. The molecule has 0 fully saturated rings. The standard InChI is InChI=1S/C16H15FN6OS/c1-10-7-11(2)23-15(19-10)20-16(22-23)25-9-14(24)21-18-8-12-5-3-4-6-13(12)17/h3-8H,9H2,1-2H3,(H,21,24). The molecule has 3 rings (SSSR count). The van der Waals surface area contributed by atoms with E-state index in [1.54, 1.807) is 22.7 Å². The highest BCUT2D eigenvalue weighted by Gasteiger charge is 2.10. The summed E-state index contributed by atoms with van der Waals surface area (Å²) in [6, 6.07) is 8.07. The molecule has 0 radical (unpaired) electrons. The Morgan fingerprint density at radius 2 is 2.16 bits per heavy atom. The van der Waals surface area contributed by atoms with Crippen LogP contribution in [0.3, 0.4) is 0 Å². The third-order valence-corrected chi connectivity index (χ3v) is 4.07. The summed E-state index contributed by atoms with van der Waals surface area (Å²) < 4.78 is 15.0. The van der Waals surface area contributed by atoms with Gasteiger partial charge in [0.1, 0.15) is 5.82 Å². The van der Waals surface area contributed by atoms with E-state index in [4.69, 9.17) is 0 Å². The first-order valence-corrected chi connectivity index (χ1v) is 8.42. The third kappa shape index (κ3) is 4.18. The lowest BCUT2D eigenvalue weighted by molar-refractivity contribution is -0.118. The SMILES string of the molecule is Cc1cc(C)n2nc(SCC(=O)NN=Cc3ccccc3F)nc2n1. The van der Waals surface area contributed by atoms with Crippen LogP contribution in [0, 0.1) is 19.7 Å². The summed E-state index contributed by atoms with van der Waals surface area (Å²) in [4.78, 5) is 20.4. The summed E-state index contributed by atoms with van der Waals surface area (Å²) in [5, 5.41) is 8.50. The predicted molar refractivity (Wildman–Crippen MR) is 93.1 cm³/mol. The van der Waals surface area contributed by atoms with E-state index in [1.165, 1.54) is 24.0 Å². The molecular formula is C16H15FN6OS. The lowest BCUT2D eigenvalue weighted by Crippen LogP contribution is -2.19. The van der Waals surface area contributed by atoms with E-state index >= 15 is 0 Å². The van der Waals surface area contributed by atoms with Crippen molar-refractivity contribution in [1.82, 2.24) is 25.0 Å². The van der Waals surface area contributed by atoms with Crippen molar-refractivity contribution in [3.8, 4) is 0 Å². The summed E-state index contributed by atoms with van der Waals surface area (Å²) >= 11 is 1.18. The van der Waals surface area contributed by atoms with Crippen LogP contribution in [0.4, 0.5) is 4.39 Å². The van der Waals surface area contributed by atoms with Crippen LogP contribution in [0.2, 0.25) is 0 Å². The van der Waals surface area contributed by atoms with Gasteiger partial charge in [-0.2, -0.15) is 10.1 Å². The Kier molecular flexibility index (Phi) is 5.03. The van der Waals surface area contributed by atoms with Gasteiger partial charge >= 0.3 is 0 Å². The Morgan fingerprint density at radius 1 is 1.36 bits per heavy atom. The largest absolute Gasteiger partial charge is 0.272 e. The number of halogens is 1. The first kappa shape index (κ1) is 17.0. The van der Waals surface area contributed by atoms with Crippen molar-refractivity contribution >= 4 is 29.7 Å². The average molecular weight is 358 g/mol. The molecule has 0 spiro atoms. The molecule has 0 atom stereocenters. The molecule has 0 saturated carbocycles. The molecule has 0 aliphatic heterocycles. The first-order chi connectivity index (χ1) is 12.0. The van der Waals surface area contributed by atoms with E-state index in [0.29, 0.717) is 16.5 Å². The summed E-state index contributed by atoms with van der Waals surface area (Å²) in [5.41, 5.74) is 4.42. The highest BCUT2D eigenvalue weighted by atomic mass is 32.2. The second-order valence-electron chi connectivity index (χ2n) is 5.25. The van der Waals surface area contributed by atoms with Gasteiger partial charge in [0, 0.05) is 17.0 Å². The van der Waals surface area contributed by atoms with Gasteiger partial charge in [0.05, 0.1) is 12.0 Å². The van der Waals surface area contributed by atoms with Crippen molar-refractivity contribution in [2.75, 3.05) is 5.75 Å². The Morgan fingerprint density at radius 3 is 2.96 bits per heavy atom. The van der Waals surface area contributed by atoms with Crippen LogP contribution in [0.25, 0.3) is 5.78 Å². The number of aryl methyl sites for hydroxylation is 2. The number of nitrogens with zero attached hydrogens (tertiary/aromatic N) is 5. The molecule has 2 heterocycles. The van der Waals surface area contributed by atoms with E-state index in [-0.39, 0.29) is 11.7 Å². The van der Waals surface area contributed by atoms with Gasteiger partial charge < -0.3 is 0 Å². The van der Waals surface area contributed by atoms with Crippen molar-refractivity contribution in [1.29, 1.82) is 0 Å². The Labute approximate surface area is 147 Å². The minimum atomic E-state index is -0.401. The Bertz CT molecular complexity index is 955. The normalized spacial score (nSPS) is 11.3. The number of nitrogens with one attached hydrogen (secondary N) is 1. The summed E-state index contributed by atoms with van der Waals surface area (Å²) in [6.45, 7) is 3.80. The Balaban J connectivity index is 1.57. The molecule has 0 unspecified atom stereocenters. The fourth-order valence-electron chi connectivity index (χ4n) is 2.13. The monoisotopic (exact) mass is 358 g/mol. The molecule has 3 aromatic rings. The van der Waals surface area contributed by atoms with E-state index in [9.17, 15) is 9.18 Å². The molecule has 1 N–H and O–H groups in total. The zero-order valence-corrected chi connectivity index (χ0v) is 14.4. The molecule has 7 nitrogen and oxygen atoms in total. The fourth-order valence-corrected chi connectivity index (χ4v) is 2.74. The summed E-state index contributed by atoms with van der Waals surface area (Å²) in [5.74, 6) is -0.152. The number of carbonyl (C=O) groups is 1. The van der Waals surface area contributed by atoms with Gasteiger partial charge in [0.25, 0.3) is 11.7 Å². The maximum Gasteiger partial charge on any atom is 0.253 e.